The second-order valence-corrected chi connectivity index (χ2v) is 2.55. The van der Waals surface area contributed by atoms with Gasteiger partial charge in [-0.1, -0.05) is 13.3 Å². The van der Waals surface area contributed by atoms with Gasteiger partial charge in [-0.2, -0.15) is 5.10 Å². The van der Waals surface area contributed by atoms with Crippen molar-refractivity contribution in [2.75, 3.05) is 0 Å². The SMILES string of the molecule is CCCC1=NNC(=O)[C@H]1C. The zero-order valence-corrected chi connectivity index (χ0v) is 6.35. The van der Waals surface area contributed by atoms with E-state index in [1.165, 1.54) is 0 Å². The van der Waals surface area contributed by atoms with Gasteiger partial charge in [0.2, 0.25) is 5.91 Å². The van der Waals surface area contributed by atoms with Gasteiger partial charge in [-0.05, 0) is 13.3 Å². The highest BCUT2D eigenvalue weighted by atomic mass is 16.2. The number of amides is 1. The summed E-state index contributed by atoms with van der Waals surface area (Å²) < 4.78 is 0. The fourth-order valence-electron chi connectivity index (χ4n) is 1.00. The van der Waals surface area contributed by atoms with Crippen molar-refractivity contribution in [3.8, 4) is 0 Å². The summed E-state index contributed by atoms with van der Waals surface area (Å²) in [6.45, 7) is 3.97. The molecule has 1 heterocycles. The molecule has 1 atom stereocenters. The van der Waals surface area contributed by atoms with Crippen LogP contribution >= 0.6 is 0 Å². The Kier molecular flexibility index (Phi) is 2.04. The van der Waals surface area contributed by atoms with E-state index in [1.807, 2.05) is 6.92 Å². The number of carbonyl (C=O) groups excluding carboxylic acids is 1. The minimum atomic E-state index is -0.0000463. The Morgan fingerprint density at radius 2 is 2.40 bits per heavy atom. The highest BCUT2D eigenvalue weighted by Gasteiger charge is 2.23. The lowest BCUT2D eigenvalue weighted by molar-refractivity contribution is -0.121. The van der Waals surface area contributed by atoms with Crippen molar-refractivity contribution in [2.45, 2.75) is 26.7 Å². The molecule has 0 aromatic rings. The third-order valence-electron chi connectivity index (χ3n) is 1.71. The van der Waals surface area contributed by atoms with Gasteiger partial charge >= 0.3 is 0 Å². The van der Waals surface area contributed by atoms with Gasteiger partial charge in [-0.3, -0.25) is 4.79 Å². The highest BCUT2D eigenvalue weighted by Crippen LogP contribution is 2.09. The molecule has 1 amide bonds. The summed E-state index contributed by atoms with van der Waals surface area (Å²) in [5.74, 6) is 0.0309. The second-order valence-electron chi connectivity index (χ2n) is 2.55. The smallest absolute Gasteiger partial charge is 0.248 e. The Hall–Kier alpha value is -0.860. The number of hydrogen-bond donors (Lipinski definition) is 1. The topological polar surface area (TPSA) is 41.5 Å². The Balaban J connectivity index is 2.54. The van der Waals surface area contributed by atoms with Crippen molar-refractivity contribution in [3.63, 3.8) is 0 Å². The van der Waals surface area contributed by atoms with Crippen molar-refractivity contribution >= 4 is 11.6 Å². The number of hydrazone groups is 1. The predicted molar refractivity (Wildman–Crippen MR) is 39.6 cm³/mol. The maximum Gasteiger partial charge on any atom is 0.248 e. The van der Waals surface area contributed by atoms with Gasteiger partial charge < -0.3 is 0 Å². The van der Waals surface area contributed by atoms with E-state index < -0.39 is 0 Å². The molecule has 1 aliphatic rings. The molecular formula is C7H12N2O. The lowest BCUT2D eigenvalue weighted by atomic mass is 10.0. The predicted octanol–water partition coefficient (Wildman–Crippen LogP) is 0.908. The zero-order valence-electron chi connectivity index (χ0n) is 6.35. The van der Waals surface area contributed by atoms with Crippen molar-refractivity contribution < 1.29 is 4.79 Å². The molecule has 1 aliphatic heterocycles. The summed E-state index contributed by atoms with van der Waals surface area (Å²) in [4.78, 5) is 10.8. The van der Waals surface area contributed by atoms with Crippen LogP contribution in [0.3, 0.4) is 0 Å². The molecule has 0 unspecified atom stereocenters. The van der Waals surface area contributed by atoms with E-state index in [-0.39, 0.29) is 11.8 Å². The van der Waals surface area contributed by atoms with Gasteiger partial charge in [0, 0.05) is 0 Å². The Morgan fingerprint density at radius 1 is 1.70 bits per heavy atom. The molecule has 0 fully saturated rings. The van der Waals surface area contributed by atoms with Gasteiger partial charge in [-0.15, -0.1) is 0 Å². The summed E-state index contributed by atoms with van der Waals surface area (Å²) in [7, 11) is 0. The first-order chi connectivity index (χ1) is 4.75. The van der Waals surface area contributed by atoms with Crippen LogP contribution in [0.4, 0.5) is 0 Å². The van der Waals surface area contributed by atoms with Crippen LogP contribution in [0.25, 0.3) is 0 Å². The monoisotopic (exact) mass is 140 g/mol. The van der Waals surface area contributed by atoms with Crippen molar-refractivity contribution in [1.29, 1.82) is 0 Å². The Morgan fingerprint density at radius 3 is 2.80 bits per heavy atom. The standard InChI is InChI=1S/C7H12N2O/c1-3-4-6-5(2)7(10)9-8-6/h5H,3-4H2,1-2H3,(H,9,10)/t5-/m0/s1. The van der Waals surface area contributed by atoms with Crippen molar-refractivity contribution in [3.05, 3.63) is 0 Å². The van der Waals surface area contributed by atoms with E-state index in [0.29, 0.717) is 0 Å². The lowest BCUT2D eigenvalue weighted by Crippen LogP contribution is -2.19. The second kappa shape index (κ2) is 2.82. The van der Waals surface area contributed by atoms with Crippen molar-refractivity contribution in [1.82, 2.24) is 5.43 Å². The van der Waals surface area contributed by atoms with Crippen LogP contribution in [0.2, 0.25) is 0 Å². The third kappa shape index (κ3) is 1.17. The van der Waals surface area contributed by atoms with Crippen LogP contribution in [0, 0.1) is 5.92 Å². The molecule has 56 valence electrons. The van der Waals surface area contributed by atoms with Crippen molar-refractivity contribution in [2.24, 2.45) is 11.0 Å². The number of rotatable bonds is 2. The average molecular weight is 140 g/mol. The average Bonchev–Trinajstić information content (AvgIpc) is 2.20. The summed E-state index contributed by atoms with van der Waals surface area (Å²) in [5.41, 5.74) is 3.45. The molecule has 10 heavy (non-hydrogen) atoms. The van der Waals surface area contributed by atoms with Crippen LogP contribution in [-0.4, -0.2) is 11.6 Å². The molecule has 0 saturated carbocycles. The summed E-state index contributed by atoms with van der Waals surface area (Å²) in [6, 6.07) is 0. The molecule has 0 aromatic carbocycles. The van der Waals surface area contributed by atoms with Crippen LogP contribution in [0.1, 0.15) is 26.7 Å². The Labute approximate surface area is 60.5 Å². The summed E-state index contributed by atoms with van der Waals surface area (Å²) in [5, 5.41) is 3.90. The lowest BCUT2D eigenvalue weighted by Gasteiger charge is -1.99. The fourth-order valence-corrected chi connectivity index (χ4v) is 1.00. The maximum atomic E-state index is 10.8. The number of nitrogens with zero attached hydrogens (tertiary/aromatic N) is 1. The first kappa shape index (κ1) is 7.25. The minimum absolute atomic E-state index is 0.0000463. The van der Waals surface area contributed by atoms with Gasteiger partial charge in [0.15, 0.2) is 0 Å². The van der Waals surface area contributed by atoms with Gasteiger partial charge in [-0.25, -0.2) is 5.43 Å². The molecule has 0 radical (unpaired) electrons. The molecule has 3 heteroatoms. The molecule has 0 aromatic heterocycles. The first-order valence-corrected chi connectivity index (χ1v) is 3.62. The van der Waals surface area contributed by atoms with E-state index in [1.54, 1.807) is 0 Å². The van der Waals surface area contributed by atoms with Gasteiger partial charge in [0.25, 0.3) is 0 Å². The summed E-state index contributed by atoms with van der Waals surface area (Å²) >= 11 is 0. The van der Waals surface area contributed by atoms with Gasteiger partial charge in [0.1, 0.15) is 0 Å². The molecular weight excluding hydrogens is 128 g/mol. The molecule has 0 bridgehead atoms. The molecule has 1 rings (SSSR count). The number of hydrogen-bond acceptors (Lipinski definition) is 2. The molecule has 1 N–H and O–H groups in total. The fraction of sp³-hybridized carbons (Fsp3) is 0.714. The van der Waals surface area contributed by atoms with E-state index in [9.17, 15) is 4.79 Å². The van der Waals surface area contributed by atoms with E-state index in [4.69, 9.17) is 0 Å². The third-order valence-corrected chi connectivity index (χ3v) is 1.71. The molecule has 0 saturated heterocycles. The maximum absolute atomic E-state index is 10.8. The van der Waals surface area contributed by atoms with Crippen LogP contribution in [-0.2, 0) is 4.79 Å². The summed E-state index contributed by atoms with van der Waals surface area (Å²) in [6.07, 6.45) is 1.98. The number of carbonyl (C=O) groups is 1. The minimum Gasteiger partial charge on any atom is -0.272 e. The zero-order chi connectivity index (χ0) is 7.56. The van der Waals surface area contributed by atoms with E-state index >= 15 is 0 Å². The van der Waals surface area contributed by atoms with E-state index in [0.717, 1.165) is 18.6 Å². The van der Waals surface area contributed by atoms with E-state index in [2.05, 4.69) is 17.5 Å². The molecule has 0 aliphatic carbocycles. The van der Waals surface area contributed by atoms with Crippen LogP contribution < -0.4 is 5.43 Å². The Bertz CT molecular complexity index is 174. The largest absolute Gasteiger partial charge is 0.272 e. The normalized spacial score (nSPS) is 24.4. The van der Waals surface area contributed by atoms with Crippen LogP contribution in [0.15, 0.2) is 5.10 Å². The first-order valence-electron chi connectivity index (χ1n) is 3.62. The molecule has 3 nitrogen and oxygen atoms in total. The quantitative estimate of drug-likeness (QED) is 0.608. The highest BCUT2D eigenvalue weighted by molar-refractivity contribution is 6.07. The molecule has 0 spiro atoms. The van der Waals surface area contributed by atoms with Crippen LogP contribution in [0.5, 0.6) is 0 Å². The number of nitrogens with one attached hydrogen (secondary N) is 1. The van der Waals surface area contributed by atoms with Gasteiger partial charge in [0.05, 0.1) is 11.6 Å².